The maximum absolute atomic E-state index is 13.7. The van der Waals surface area contributed by atoms with Crippen molar-refractivity contribution in [3.63, 3.8) is 0 Å². The molecule has 0 spiro atoms. The molecule has 0 aliphatic rings. The zero-order chi connectivity index (χ0) is 12.2. The summed E-state index contributed by atoms with van der Waals surface area (Å²) in [5.41, 5.74) is -0.280. The Morgan fingerprint density at radius 2 is 2.19 bits per heavy atom. The summed E-state index contributed by atoms with van der Waals surface area (Å²) in [6, 6.07) is 5.72. The Morgan fingerprint density at radius 1 is 1.50 bits per heavy atom. The van der Waals surface area contributed by atoms with E-state index in [0.29, 0.717) is 0 Å². The lowest BCUT2D eigenvalue weighted by Gasteiger charge is -2.18. The Morgan fingerprint density at radius 3 is 2.75 bits per heavy atom. The van der Waals surface area contributed by atoms with E-state index in [9.17, 15) is 8.78 Å². The van der Waals surface area contributed by atoms with Crippen LogP contribution in [0.5, 0.6) is 5.75 Å². The van der Waals surface area contributed by atoms with Crippen molar-refractivity contribution in [2.45, 2.75) is 18.8 Å². The van der Waals surface area contributed by atoms with Gasteiger partial charge in [0, 0.05) is 17.9 Å². The minimum atomic E-state index is -3.11. The summed E-state index contributed by atoms with van der Waals surface area (Å²) in [6.07, 6.45) is -0.761. The van der Waals surface area contributed by atoms with E-state index in [1.807, 2.05) is 0 Å². The summed E-state index contributed by atoms with van der Waals surface area (Å²) in [5.74, 6) is -3.03. The van der Waals surface area contributed by atoms with Crippen molar-refractivity contribution in [1.82, 2.24) is 0 Å². The molecule has 0 fully saturated rings. The van der Waals surface area contributed by atoms with Gasteiger partial charge >= 0.3 is 0 Å². The third-order valence-electron chi connectivity index (χ3n) is 2.11. The average molecular weight is 246 g/mol. The smallest absolute Gasteiger partial charge is 0.277 e. The van der Waals surface area contributed by atoms with Crippen molar-refractivity contribution in [3.05, 3.63) is 28.8 Å². The molecule has 1 rings (SSSR count). The number of halogens is 3. The molecule has 0 saturated heterocycles. The van der Waals surface area contributed by atoms with E-state index in [-0.39, 0.29) is 22.8 Å². The summed E-state index contributed by atoms with van der Waals surface area (Å²) >= 11 is 5.66. The SMILES string of the molecule is COc1ccc(Cl)cc1C(F)(F)CCC#N. The minimum absolute atomic E-state index is 0.0762. The largest absolute Gasteiger partial charge is 0.496 e. The van der Waals surface area contributed by atoms with E-state index in [0.717, 1.165) is 6.07 Å². The van der Waals surface area contributed by atoms with Gasteiger partial charge in [0.1, 0.15) is 5.75 Å². The highest BCUT2D eigenvalue weighted by Gasteiger charge is 2.34. The normalized spacial score (nSPS) is 10.9. The fourth-order valence-corrected chi connectivity index (χ4v) is 1.49. The van der Waals surface area contributed by atoms with E-state index in [2.05, 4.69) is 0 Å². The molecule has 0 aromatic heterocycles. The summed E-state index contributed by atoms with van der Waals surface area (Å²) in [7, 11) is 1.31. The van der Waals surface area contributed by atoms with Crippen LogP contribution >= 0.6 is 11.6 Å². The lowest BCUT2D eigenvalue weighted by molar-refractivity contribution is -0.0140. The number of nitrogens with zero attached hydrogens (tertiary/aromatic N) is 1. The van der Waals surface area contributed by atoms with E-state index in [1.54, 1.807) is 6.07 Å². The molecule has 0 N–H and O–H groups in total. The molecule has 0 atom stereocenters. The van der Waals surface area contributed by atoms with Crippen LogP contribution in [0.1, 0.15) is 18.4 Å². The molecular weight excluding hydrogens is 236 g/mol. The molecule has 0 radical (unpaired) electrons. The second-order valence-electron chi connectivity index (χ2n) is 3.21. The van der Waals surface area contributed by atoms with Gasteiger partial charge in [-0.1, -0.05) is 11.6 Å². The molecule has 0 aliphatic carbocycles. The summed E-state index contributed by atoms with van der Waals surface area (Å²) in [5, 5.41) is 8.53. The Bertz CT molecular complexity index is 415. The quantitative estimate of drug-likeness (QED) is 0.809. The van der Waals surface area contributed by atoms with Gasteiger partial charge in [0.2, 0.25) is 0 Å². The molecule has 5 heteroatoms. The second kappa shape index (κ2) is 5.13. The number of ether oxygens (including phenoxy) is 1. The lowest BCUT2D eigenvalue weighted by atomic mass is 10.0. The third-order valence-corrected chi connectivity index (χ3v) is 2.34. The van der Waals surface area contributed by atoms with Crippen molar-refractivity contribution in [1.29, 1.82) is 5.26 Å². The lowest BCUT2D eigenvalue weighted by Crippen LogP contribution is -2.14. The first-order chi connectivity index (χ1) is 7.51. The van der Waals surface area contributed by atoms with Crippen LogP contribution in [0, 0.1) is 11.3 Å². The van der Waals surface area contributed by atoms with E-state index >= 15 is 0 Å². The highest BCUT2D eigenvalue weighted by atomic mass is 35.5. The monoisotopic (exact) mass is 245 g/mol. The summed E-state index contributed by atoms with van der Waals surface area (Å²) in [4.78, 5) is 0. The Balaban J connectivity index is 3.09. The van der Waals surface area contributed by atoms with Gasteiger partial charge < -0.3 is 4.74 Å². The van der Waals surface area contributed by atoms with Crippen molar-refractivity contribution in [2.24, 2.45) is 0 Å². The molecule has 0 heterocycles. The zero-order valence-corrected chi connectivity index (χ0v) is 9.39. The van der Waals surface area contributed by atoms with Crippen LogP contribution in [-0.2, 0) is 5.92 Å². The second-order valence-corrected chi connectivity index (χ2v) is 3.64. The van der Waals surface area contributed by atoms with Crippen LogP contribution in [0.25, 0.3) is 0 Å². The van der Waals surface area contributed by atoms with Crippen molar-refractivity contribution in [2.75, 3.05) is 7.11 Å². The first kappa shape index (κ1) is 12.7. The molecule has 1 aromatic rings. The molecule has 0 amide bonds. The minimum Gasteiger partial charge on any atom is -0.496 e. The topological polar surface area (TPSA) is 33.0 Å². The van der Waals surface area contributed by atoms with Gasteiger partial charge in [-0.2, -0.15) is 5.26 Å². The van der Waals surface area contributed by atoms with Crippen molar-refractivity contribution < 1.29 is 13.5 Å². The van der Waals surface area contributed by atoms with Gasteiger partial charge in [0.15, 0.2) is 0 Å². The zero-order valence-electron chi connectivity index (χ0n) is 8.64. The van der Waals surface area contributed by atoms with Gasteiger partial charge in [-0.3, -0.25) is 0 Å². The van der Waals surface area contributed by atoms with E-state index in [4.69, 9.17) is 21.6 Å². The molecule has 0 aliphatic heterocycles. The van der Waals surface area contributed by atoms with Gasteiger partial charge in [0.25, 0.3) is 5.92 Å². The predicted molar refractivity (Wildman–Crippen MR) is 56.7 cm³/mol. The fraction of sp³-hybridized carbons (Fsp3) is 0.364. The molecule has 2 nitrogen and oxygen atoms in total. The van der Waals surface area contributed by atoms with E-state index < -0.39 is 12.3 Å². The maximum atomic E-state index is 13.7. The average Bonchev–Trinajstić information content (AvgIpc) is 2.26. The van der Waals surface area contributed by atoms with Crippen LogP contribution in [0.3, 0.4) is 0 Å². The number of benzene rings is 1. The Kier molecular flexibility index (Phi) is 4.08. The number of alkyl halides is 2. The van der Waals surface area contributed by atoms with E-state index in [1.165, 1.54) is 19.2 Å². The van der Waals surface area contributed by atoms with Crippen LogP contribution in [0.15, 0.2) is 18.2 Å². The molecule has 0 unspecified atom stereocenters. The first-order valence-corrected chi connectivity index (χ1v) is 4.98. The van der Waals surface area contributed by atoms with Crippen LogP contribution in [0.2, 0.25) is 5.02 Å². The molecule has 16 heavy (non-hydrogen) atoms. The van der Waals surface area contributed by atoms with Gasteiger partial charge in [-0.05, 0) is 18.2 Å². The van der Waals surface area contributed by atoms with Gasteiger partial charge in [0.05, 0.1) is 18.7 Å². The molecule has 0 saturated carbocycles. The molecule has 0 bridgehead atoms. The number of methoxy groups -OCH3 is 1. The molecule has 86 valence electrons. The third kappa shape index (κ3) is 2.83. The molecule has 1 aromatic carbocycles. The highest BCUT2D eigenvalue weighted by molar-refractivity contribution is 6.30. The summed E-state index contributed by atoms with van der Waals surface area (Å²) in [6.45, 7) is 0. The summed E-state index contributed by atoms with van der Waals surface area (Å²) < 4.78 is 32.2. The van der Waals surface area contributed by atoms with Crippen LogP contribution in [-0.4, -0.2) is 7.11 Å². The van der Waals surface area contributed by atoms with Crippen molar-refractivity contribution >= 4 is 11.6 Å². The fourth-order valence-electron chi connectivity index (χ4n) is 1.31. The predicted octanol–water partition coefficient (Wildman–Crippen LogP) is 3.74. The standard InChI is InChI=1S/C11H10ClF2NO/c1-16-10-4-3-8(12)7-9(10)11(13,14)5-2-6-15/h3-4,7H,2,5H2,1H3. The van der Waals surface area contributed by atoms with Crippen LogP contribution < -0.4 is 4.74 Å². The van der Waals surface area contributed by atoms with Gasteiger partial charge in [-0.25, -0.2) is 8.78 Å². The Hall–Kier alpha value is -1.34. The first-order valence-electron chi connectivity index (χ1n) is 4.60. The highest BCUT2D eigenvalue weighted by Crippen LogP contribution is 2.39. The number of rotatable bonds is 4. The van der Waals surface area contributed by atoms with Crippen LogP contribution in [0.4, 0.5) is 8.78 Å². The number of hydrogen-bond acceptors (Lipinski definition) is 2. The maximum Gasteiger partial charge on any atom is 0.277 e. The number of nitriles is 1. The van der Waals surface area contributed by atoms with Gasteiger partial charge in [-0.15, -0.1) is 0 Å². The number of hydrogen-bond donors (Lipinski definition) is 0. The Labute approximate surface area is 97.4 Å². The van der Waals surface area contributed by atoms with Crippen molar-refractivity contribution in [3.8, 4) is 11.8 Å². The molecular formula is C11H10ClF2NO.